The molecule has 0 saturated carbocycles. The molecule has 0 saturated heterocycles. The minimum absolute atomic E-state index is 0.307. The molecule has 0 aliphatic heterocycles. The highest BCUT2D eigenvalue weighted by Gasteiger charge is 2.17. The van der Waals surface area contributed by atoms with Crippen molar-refractivity contribution in [3.05, 3.63) is 95.6 Å². The highest BCUT2D eigenvalue weighted by Crippen LogP contribution is 2.22. The fraction of sp³-hybridized carbons (Fsp3) is 0. The van der Waals surface area contributed by atoms with Gasteiger partial charge in [0.15, 0.2) is 0 Å². The molecule has 3 rings (SSSR count). The molecule has 4 nitrogen and oxygen atoms in total. The van der Waals surface area contributed by atoms with E-state index in [0.29, 0.717) is 28.2 Å². The summed E-state index contributed by atoms with van der Waals surface area (Å²) in [5.41, 5.74) is 1.22. The third kappa shape index (κ3) is 3.80. The fourth-order valence-corrected chi connectivity index (χ4v) is 2.26. The number of benzene rings is 3. The minimum Gasteiger partial charge on any atom is -0.457 e. The second-order valence-corrected chi connectivity index (χ2v) is 5.29. The van der Waals surface area contributed by atoms with Gasteiger partial charge in [-0.3, -0.25) is 9.59 Å². The monoisotopic (exact) mass is 327 g/mol. The number of Topliss-reactive ketones (excluding diaryl/α,β-unsaturated/α-hetero) is 2. The molecule has 0 fully saturated rings. The summed E-state index contributed by atoms with van der Waals surface area (Å²) in [6, 6.07) is 23.6. The lowest BCUT2D eigenvalue weighted by Crippen LogP contribution is -2.14. The lowest BCUT2D eigenvalue weighted by atomic mass is 10.0. The van der Waals surface area contributed by atoms with Gasteiger partial charge in [0, 0.05) is 11.1 Å². The van der Waals surface area contributed by atoms with E-state index in [4.69, 9.17) is 10.00 Å². The van der Waals surface area contributed by atoms with Gasteiger partial charge < -0.3 is 4.74 Å². The van der Waals surface area contributed by atoms with Crippen LogP contribution < -0.4 is 4.74 Å². The number of carbonyl (C=O) groups is 2. The molecule has 0 spiro atoms. The van der Waals surface area contributed by atoms with Gasteiger partial charge in [0.2, 0.25) is 11.6 Å². The Balaban J connectivity index is 1.72. The van der Waals surface area contributed by atoms with Gasteiger partial charge in [-0.2, -0.15) is 5.26 Å². The Morgan fingerprint density at radius 2 is 1.16 bits per heavy atom. The van der Waals surface area contributed by atoms with Crippen molar-refractivity contribution in [2.24, 2.45) is 0 Å². The highest BCUT2D eigenvalue weighted by molar-refractivity contribution is 6.49. The molecule has 3 aromatic carbocycles. The van der Waals surface area contributed by atoms with E-state index in [0.717, 1.165) is 0 Å². The number of ketones is 2. The first-order valence-electron chi connectivity index (χ1n) is 7.59. The van der Waals surface area contributed by atoms with E-state index < -0.39 is 11.6 Å². The van der Waals surface area contributed by atoms with Crippen molar-refractivity contribution in [3.63, 3.8) is 0 Å². The summed E-state index contributed by atoms with van der Waals surface area (Å²) >= 11 is 0. The van der Waals surface area contributed by atoms with E-state index in [1.165, 1.54) is 0 Å². The maximum Gasteiger partial charge on any atom is 0.233 e. The first kappa shape index (κ1) is 16.2. The Morgan fingerprint density at radius 1 is 0.680 bits per heavy atom. The van der Waals surface area contributed by atoms with Gasteiger partial charge in [0.25, 0.3) is 0 Å². The van der Waals surface area contributed by atoms with Crippen LogP contribution in [0.25, 0.3) is 0 Å². The predicted octanol–water partition coefficient (Wildman–Crippen LogP) is 4.42. The number of carbonyl (C=O) groups excluding carboxylic acids is 2. The predicted molar refractivity (Wildman–Crippen MR) is 92.8 cm³/mol. The SMILES string of the molecule is N#Cc1ccc(Oc2ccc(C(=O)C(=O)c3ccccc3)cc2)cc1. The van der Waals surface area contributed by atoms with E-state index >= 15 is 0 Å². The number of nitriles is 1. The van der Waals surface area contributed by atoms with Crippen LogP contribution in [-0.2, 0) is 0 Å². The first-order chi connectivity index (χ1) is 12.2. The molecule has 0 unspecified atom stereocenters. The van der Waals surface area contributed by atoms with Crippen LogP contribution in [-0.4, -0.2) is 11.6 Å². The molecule has 0 N–H and O–H groups in total. The van der Waals surface area contributed by atoms with E-state index in [2.05, 4.69) is 0 Å². The maximum atomic E-state index is 12.3. The van der Waals surface area contributed by atoms with Gasteiger partial charge in [-0.25, -0.2) is 0 Å². The molecule has 4 heteroatoms. The molecule has 120 valence electrons. The largest absolute Gasteiger partial charge is 0.457 e. The van der Waals surface area contributed by atoms with Gasteiger partial charge in [0.1, 0.15) is 11.5 Å². The van der Waals surface area contributed by atoms with E-state index in [1.54, 1.807) is 78.9 Å². The number of rotatable bonds is 5. The van der Waals surface area contributed by atoms with Gasteiger partial charge in [0.05, 0.1) is 11.6 Å². The lowest BCUT2D eigenvalue weighted by molar-refractivity contribution is 0.0817. The summed E-state index contributed by atoms with van der Waals surface area (Å²) in [5, 5.41) is 8.78. The molecule has 0 bridgehead atoms. The van der Waals surface area contributed by atoms with Crippen molar-refractivity contribution in [2.45, 2.75) is 0 Å². The second kappa shape index (κ2) is 7.24. The Bertz CT molecular complexity index is 937. The topological polar surface area (TPSA) is 67.2 Å². The fourth-order valence-electron chi connectivity index (χ4n) is 2.26. The number of hydrogen-bond acceptors (Lipinski definition) is 4. The first-order valence-corrected chi connectivity index (χ1v) is 7.59. The molecule has 0 aliphatic rings. The molecule has 0 amide bonds. The Morgan fingerprint density at radius 3 is 1.68 bits per heavy atom. The van der Waals surface area contributed by atoms with Crippen molar-refractivity contribution in [3.8, 4) is 17.6 Å². The van der Waals surface area contributed by atoms with E-state index in [9.17, 15) is 9.59 Å². The van der Waals surface area contributed by atoms with Gasteiger partial charge in [-0.15, -0.1) is 0 Å². The molecule has 0 aromatic heterocycles. The van der Waals surface area contributed by atoms with Crippen LogP contribution in [0, 0.1) is 11.3 Å². The molecule has 3 aromatic rings. The summed E-state index contributed by atoms with van der Waals surface area (Å²) in [4.78, 5) is 24.4. The third-order valence-electron chi connectivity index (χ3n) is 3.58. The number of ether oxygens (including phenoxy) is 1. The van der Waals surface area contributed by atoms with Crippen LogP contribution in [0.4, 0.5) is 0 Å². The summed E-state index contributed by atoms with van der Waals surface area (Å²) < 4.78 is 5.65. The van der Waals surface area contributed by atoms with Crippen molar-refractivity contribution in [2.75, 3.05) is 0 Å². The minimum atomic E-state index is -0.559. The van der Waals surface area contributed by atoms with Crippen molar-refractivity contribution >= 4 is 11.6 Å². The molecular weight excluding hydrogens is 314 g/mol. The van der Waals surface area contributed by atoms with Crippen LogP contribution in [0.15, 0.2) is 78.9 Å². The number of nitrogens with zero attached hydrogens (tertiary/aromatic N) is 1. The summed E-state index contributed by atoms with van der Waals surface area (Å²) in [7, 11) is 0. The van der Waals surface area contributed by atoms with E-state index in [1.807, 2.05) is 6.07 Å². The Labute approximate surface area is 144 Å². The molecule has 0 atom stereocenters. The Kier molecular flexibility index (Phi) is 4.68. The smallest absolute Gasteiger partial charge is 0.233 e. The normalized spacial score (nSPS) is 9.88. The summed E-state index contributed by atoms with van der Waals surface area (Å²) in [6.45, 7) is 0. The van der Waals surface area contributed by atoms with E-state index in [-0.39, 0.29) is 0 Å². The summed E-state index contributed by atoms with van der Waals surface area (Å²) in [5.74, 6) is 0.0179. The summed E-state index contributed by atoms with van der Waals surface area (Å²) in [6.07, 6.45) is 0. The van der Waals surface area contributed by atoms with Gasteiger partial charge >= 0.3 is 0 Å². The average molecular weight is 327 g/mol. The van der Waals surface area contributed by atoms with Crippen LogP contribution in [0.3, 0.4) is 0 Å². The molecular formula is C21H13NO3. The van der Waals surface area contributed by atoms with Crippen LogP contribution in [0.1, 0.15) is 26.3 Å². The zero-order chi connectivity index (χ0) is 17.6. The molecule has 0 radical (unpaired) electrons. The van der Waals surface area contributed by atoms with Crippen LogP contribution in [0.2, 0.25) is 0 Å². The maximum absolute atomic E-state index is 12.3. The van der Waals surface area contributed by atoms with Crippen molar-refractivity contribution in [1.29, 1.82) is 5.26 Å². The quantitative estimate of drug-likeness (QED) is 0.514. The zero-order valence-corrected chi connectivity index (χ0v) is 13.2. The van der Waals surface area contributed by atoms with Crippen LogP contribution in [0.5, 0.6) is 11.5 Å². The second-order valence-electron chi connectivity index (χ2n) is 5.29. The van der Waals surface area contributed by atoms with Crippen LogP contribution >= 0.6 is 0 Å². The molecule has 0 heterocycles. The lowest BCUT2D eigenvalue weighted by Gasteiger charge is -2.06. The Hall–Kier alpha value is -3.71. The highest BCUT2D eigenvalue weighted by atomic mass is 16.5. The van der Waals surface area contributed by atoms with Gasteiger partial charge in [-0.1, -0.05) is 30.3 Å². The average Bonchev–Trinajstić information content (AvgIpc) is 2.69. The molecule has 25 heavy (non-hydrogen) atoms. The van der Waals surface area contributed by atoms with Crippen molar-refractivity contribution in [1.82, 2.24) is 0 Å². The molecule has 0 aliphatic carbocycles. The van der Waals surface area contributed by atoms with Gasteiger partial charge in [-0.05, 0) is 48.5 Å². The number of hydrogen-bond donors (Lipinski definition) is 0. The third-order valence-corrected chi connectivity index (χ3v) is 3.58. The standard InChI is InChI=1S/C21H13NO3/c22-14-15-6-10-18(11-7-15)25-19-12-8-17(9-13-19)21(24)20(23)16-4-2-1-3-5-16/h1-13H. The zero-order valence-electron chi connectivity index (χ0n) is 13.2. The van der Waals surface area contributed by atoms with Crippen molar-refractivity contribution < 1.29 is 14.3 Å².